The van der Waals surface area contributed by atoms with Gasteiger partial charge in [-0.3, -0.25) is 4.79 Å². The van der Waals surface area contributed by atoms with Crippen LogP contribution in [0.3, 0.4) is 0 Å². The fourth-order valence-corrected chi connectivity index (χ4v) is 3.60. The van der Waals surface area contributed by atoms with Crippen molar-refractivity contribution in [2.24, 2.45) is 0 Å². The molecule has 0 spiro atoms. The van der Waals surface area contributed by atoms with E-state index in [2.05, 4.69) is 26.3 Å². The molecule has 2 aromatic heterocycles. The Morgan fingerprint density at radius 2 is 1.90 bits per heavy atom. The highest BCUT2D eigenvalue weighted by Crippen LogP contribution is 2.33. The van der Waals surface area contributed by atoms with Crippen LogP contribution in [-0.4, -0.2) is 29.5 Å². The summed E-state index contributed by atoms with van der Waals surface area (Å²) in [5, 5.41) is 13.6. The molecule has 0 fully saturated rings. The number of nitrogens with zero attached hydrogens (tertiary/aromatic N) is 2. The molecule has 5 rings (SSSR count). The molecule has 2 aromatic carbocycles. The second kappa shape index (κ2) is 7.40. The summed E-state index contributed by atoms with van der Waals surface area (Å²) >= 11 is 0. The average Bonchev–Trinajstić information content (AvgIpc) is 3.43. The molecule has 1 amide bonds. The second-order valence-electron chi connectivity index (χ2n) is 6.92. The van der Waals surface area contributed by atoms with Crippen molar-refractivity contribution in [1.82, 2.24) is 15.3 Å². The largest absolute Gasteiger partial charge is 0.462 e. The van der Waals surface area contributed by atoms with Gasteiger partial charge in [-0.1, -0.05) is 24.3 Å². The molecule has 4 aromatic rings. The first-order valence-corrected chi connectivity index (χ1v) is 9.69. The zero-order chi connectivity index (χ0) is 20.5. The van der Waals surface area contributed by atoms with Crippen LogP contribution >= 0.6 is 0 Å². The third kappa shape index (κ3) is 3.18. The molecular formula is C22H20N6O2. The molecule has 8 nitrogen and oxygen atoms in total. The Morgan fingerprint density at radius 1 is 1.03 bits per heavy atom. The van der Waals surface area contributed by atoms with Crippen LogP contribution in [0, 0.1) is 0 Å². The fourth-order valence-electron chi connectivity index (χ4n) is 3.60. The average molecular weight is 400 g/mol. The van der Waals surface area contributed by atoms with E-state index in [0.29, 0.717) is 23.0 Å². The molecule has 3 heterocycles. The molecule has 0 radical (unpaired) electrons. The van der Waals surface area contributed by atoms with Gasteiger partial charge < -0.3 is 25.7 Å². The van der Waals surface area contributed by atoms with Gasteiger partial charge >= 0.3 is 0 Å². The molecule has 1 aliphatic rings. The predicted octanol–water partition coefficient (Wildman–Crippen LogP) is 4.04. The van der Waals surface area contributed by atoms with E-state index in [1.54, 1.807) is 19.4 Å². The smallest absolute Gasteiger partial charge is 0.253 e. The Morgan fingerprint density at radius 3 is 2.80 bits per heavy atom. The fraction of sp³-hybridized carbons (Fsp3) is 0.136. The van der Waals surface area contributed by atoms with Gasteiger partial charge in [0.05, 0.1) is 23.2 Å². The number of hydrogen-bond acceptors (Lipinski definition) is 7. The molecular weight excluding hydrogens is 380 g/mol. The molecule has 4 N–H and O–H groups in total. The summed E-state index contributed by atoms with van der Waals surface area (Å²) < 4.78 is 5.60. The molecule has 8 heteroatoms. The standard InChI is InChI=1S/C22H20N6O2/c1-23-21(29)14-6-2-3-7-16(14)25-20-15-9-11-24-19(15)27-22(28-20)26-17-8-4-5-13-10-12-30-18(13)17/h2-8,10,12H,9,11H2,1H3,(H,23,29)(H3,24,25,26,27,28). The van der Waals surface area contributed by atoms with Gasteiger partial charge in [-0.25, -0.2) is 0 Å². The number of benzene rings is 2. The highest BCUT2D eigenvalue weighted by molar-refractivity contribution is 6.00. The number of para-hydroxylation sites is 2. The normalized spacial score (nSPS) is 12.3. The molecule has 150 valence electrons. The van der Waals surface area contributed by atoms with Crippen LogP contribution in [0.2, 0.25) is 0 Å². The lowest BCUT2D eigenvalue weighted by Crippen LogP contribution is -2.19. The molecule has 0 bridgehead atoms. The van der Waals surface area contributed by atoms with E-state index in [-0.39, 0.29) is 5.91 Å². The van der Waals surface area contributed by atoms with Gasteiger partial charge in [-0.15, -0.1) is 0 Å². The summed E-state index contributed by atoms with van der Waals surface area (Å²) in [5.41, 5.74) is 3.75. The zero-order valence-electron chi connectivity index (χ0n) is 16.3. The number of carbonyl (C=O) groups is 1. The minimum atomic E-state index is -0.162. The molecule has 0 saturated carbocycles. The lowest BCUT2D eigenvalue weighted by molar-refractivity contribution is 0.0964. The molecule has 0 unspecified atom stereocenters. The highest BCUT2D eigenvalue weighted by Gasteiger charge is 2.21. The van der Waals surface area contributed by atoms with Crippen molar-refractivity contribution in [3.05, 3.63) is 65.9 Å². The Bertz CT molecular complexity index is 1250. The minimum absolute atomic E-state index is 0.162. The van der Waals surface area contributed by atoms with Crippen LogP contribution in [0.15, 0.2) is 59.2 Å². The van der Waals surface area contributed by atoms with Crippen molar-refractivity contribution < 1.29 is 9.21 Å². The van der Waals surface area contributed by atoms with Gasteiger partial charge in [0.15, 0.2) is 5.58 Å². The third-order valence-electron chi connectivity index (χ3n) is 5.05. The van der Waals surface area contributed by atoms with Crippen molar-refractivity contribution in [2.75, 3.05) is 29.5 Å². The van der Waals surface area contributed by atoms with Gasteiger partial charge in [0.1, 0.15) is 11.6 Å². The molecule has 0 saturated heterocycles. The number of furan rings is 1. The van der Waals surface area contributed by atoms with Gasteiger partial charge in [0.2, 0.25) is 5.95 Å². The lowest BCUT2D eigenvalue weighted by Gasteiger charge is -2.15. The second-order valence-corrected chi connectivity index (χ2v) is 6.92. The Labute approximate surface area is 172 Å². The van der Waals surface area contributed by atoms with Crippen LogP contribution in [0.25, 0.3) is 11.0 Å². The number of nitrogens with one attached hydrogen (secondary N) is 4. The Kier molecular flexibility index (Phi) is 4.44. The van der Waals surface area contributed by atoms with E-state index < -0.39 is 0 Å². The van der Waals surface area contributed by atoms with Gasteiger partial charge in [-0.05, 0) is 30.7 Å². The van der Waals surface area contributed by atoms with Gasteiger partial charge in [0, 0.05) is 24.5 Å². The summed E-state index contributed by atoms with van der Waals surface area (Å²) in [7, 11) is 1.61. The maximum absolute atomic E-state index is 12.2. The Hall–Kier alpha value is -4.07. The summed E-state index contributed by atoms with van der Waals surface area (Å²) in [5.74, 6) is 1.71. The predicted molar refractivity (Wildman–Crippen MR) is 117 cm³/mol. The first-order chi connectivity index (χ1) is 14.7. The number of amides is 1. The monoisotopic (exact) mass is 400 g/mol. The van der Waals surface area contributed by atoms with E-state index in [1.807, 2.05) is 42.5 Å². The van der Waals surface area contributed by atoms with E-state index in [1.165, 1.54) is 0 Å². The summed E-state index contributed by atoms with van der Waals surface area (Å²) in [6.45, 7) is 0.785. The van der Waals surface area contributed by atoms with Crippen molar-refractivity contribution in [3.63, 3.8) is 0 Å². The van der Waals surface area contributed by atoms with E-state index in [9.17, 15) is 4.79 Å². The van der Waals surface area contributed by atoms with Crippen LogP contribution in [0.4, 0.5) is 29.0 Å². The van der Waals surface area contributed by atoms with Crippen LogP contribution in [-0.2, 0) is 6.42 Å². The first-order valence-electron chi connectivity index (χ1n) is 9.69. The summed E-state index contributed by atoms with van der Waals surface area (Å²) in [4.78, 5) is 21.6. The quantitative estimate of drug-likeness (QED) is 0.401. The van der Waals surface area contributed by atoms with Gasteiger partial charge in [0.25, 0.3) is 5.91 Å². The van der Waals surface area contributed by atoms with E-state index in [4.69, 9.17) is 9.40 Å². The van der Waals surface area contributed by atoms with Crippen LogP contribution in [0.5, 0.6) is 0 Å². The van der Waals surface area contributed by atoms with Crippen molar-refractivity contribution in [3.8, 4) is 0 Å². The summed E-state index contributed by atoms with van der Waals surface area (Å²) in [6, 6.07) is 15.1. The van der Waals surface area contributed by atoms with Crippen LogP contribution in [0.1, 0.15) is 15.9 Å². The van der Waals surface area contributed by atoms with Crippen molar-refractivity contribution in [1.29, 1.82) is 0 Å². The Balaban J connectivity index is 1.53. The number of hydrogen-bond donors (Lipinski definition) is 4. The van der Waals surface area contributed by atoms with Gasteiger partial charge in [-0.2, -0.15) is 9.97 Å². The van der Waals surface area contributed by atoms with E-state index >= 15 is 0 Å². The summed E-state index contributed by atoms with van der Waals surface area (Å²) in [6.07, 6.45) is 2.46. The number of rotatable bonds is 5. The highest BCUT2D eigenvalue weighted by atomic mass is 16.3. The number of aromatic nitrogens is 2. The van der Waals surface area contributed by atoms with Crippen molar-refractivity contribution >= 4 is 45.8 Å². The maximum Gasteiger partial charge on any atom is 0.253 e. The third-order valence-corrected chi connectivity index (χ3v) is 5.05. The maximum atomic E-state index is 12.2. The SMILES string of the molecule is CNC(=O)c1ccccc1Nc1nc(Nc2cccc3ccoc23)nc2c1CCN2. The molecule has 0 aliphatic carbocycles. The number of fused-ring (bicyclic) bond motifs is 2. The molecule has 30 heavy (non-hydrogen) atoms. The number of carbonyl (C=O) groups excluding carboxylic acids is 1. The lowest BCUT2D eigenvalue weighted by atomic mass is 10.1. The molecule has 0 atom stereocenters. The zero-order valence-corrected chi connectivity index (χ0v) is 16.3. The van der Waals surface area contributed by atoms with E-state index in [0.717, 1.165) is 41.0 Å². The minimum Gasteiger partial charge on any atom is -0.462 e. The van der Waals surface area contributed by atoms with Crippen molar-refractivity contribution in [2.45, 2.75) is 6.42 Å². The number of anilines is 5. The van der Waals surface area contributed by atoms with Crippen LogP contribution < -0.4 is 21.3 Å². The topological polar surface area (TPSA) is 104 Å². The molecule has 1 aliphatic heterocycles. The first kappa shape index (κ1) is 18.0.